The highest BCUT2D eigenvalue weighted by Gasteiger charge is 2.26. The van der Waals surface area contributed by atoms with Crippen LogP contribution in [0.25, 0.3) is 0 Å². The Labute approximate surface area is 96.9 Å². The van der Waals surface area contributed by atoms with Crippen LogP contribution in [0, 0.1) is 5.41 Å². The van der Waals surface area contributed by atoms with Crippen molar-refractivity contribution in [1.82, 2.24) is 0 Å². The molecule has 0 heterocycles. The molecular formula is C10H20O5S. The number of carbonyl (C=O) groups is 1. The molecule has 1 N–H and O–H groups in total. The predicted molar refractivity (Wildman–Crippen MR) is 60.7 cm³/mol. The molecule has 0 bridgehead atoms. The van der Waals surface area contributed by atoms with Gasteiger partial charge in [0.05, 0.1) is 17.8 Å². The van der Waals surface area contributed by atoms with E-state index in [1.807, 2.05) is 6.92 Å². The van der Waals surface area contributed by atoms with Gasteiger partial charge in [-0.05, 0) is 33.1 Å². The first-order valence-electron chi connectivity index (χ1n) is 5.31. The van der Waals surface area contributed by atoms with Gasteiger partial charge < -0.3 is 4.74 Å². The molecule has 6 heteroatoms. The van der Waals surface area contributed by atoms with E-state index < -0.39 is 15.5 Å². The van der Waals surface area contributed by atoms with Gasteiger partial charge in [0.1, 0.15) is 0 Å². The lowest BCUT2D eigenvalue weighted by atomic mass is 9.91. The molecule has 0 amide bonds. The summed E-state index contributed by atoms with van der Waals surface area (Å²) in [6.07, 6.45) is 1.42. The fourth-order valence-corrected chi connectivity index (χ4v) is 1.46. The van der Waals surface area contributed by atoms with Crippen LogP contribution in [0.4, 0.5) is 0 Å². The number of carbonyl (C=O) groups excluding carboxylic acids is 1. The molecule has 0 saturated heterocycles. The van der Waals surface area contributed by atoms with Gasteiger partial charge in [0, 0.05) is 0 Å². The lowest BCUT2D eigenvalue weighted by Gasteiger charge is -2.20. The zero-order valence-electron chi connectivity index (χ0n) is 10.0. The van der Waals surface area contributed by atoms with Crippen LogP contribution in [-0.2, 0) is 19.6 Å². The molecule has 0 aromatic carbocycles. The fraction of sp³-hybridized carbons (Fsp3) is 0.900. The molecule has 0 aromatic heterocycles. The van der Waals surface area contributed by atoms with Crippen molar-refractivity contribution in [3.05, 3.63) is 0 Å². The van der Waals surface area contributed by atoms with Crippen molar-refractivity contribution in [2.75, 3.05) is 12.4 Å². The number of hydrogen-bond acceptors (Lipinski definition) is 4. The normalized spacial score (nSPS) is 12.5. The lowest BCUT2D eigenvalue weighted by Crippen LogP contribution is -2.26. The molecule has 0 spiro atoms. The second kappa shape index (κ2) is 6.20. The first-order chi connectivity index (χ1) is 7.19. The van der Waals surface area contributed by atoms with Gasteiger partial charge in [-0.3, -0.25) is 9.35 Å². The predicted octanol–water partition coefficient (Wildman–Crippen LogP) is 1.63. The van der Waals surface area contributed by atoms with Crippen molar-refractivity contribution < 1.29 is 22.5 Å². The van der Waals surface area contributed by atoms with Crippen LogP contribution < -0.4 is 0 Å². The van der Waals surface area contributed by atoms with Crippen LogP contribution >= 0.6 is 0 Å². The third-order valence-electron chi connectivity index (χ3n) is 2.47. The Kier molecular flexibility index (Phi) is 5.96. The maximum Gasteiger partial charge on any atom is 0.311 e. The quantitative estimate of drug-likeness (QED) is 0.423. The summed E-state index contributed by atoms with van der Waals surface area (Å²) in [4.78, 5) is 11.5. The van der Waals surface area contributed by atoms with Gasteiger partial charge in [0.15, 0.2) is 0 Å². The molecule has 0 aliphatic rings. The van der Waals surface area contributed by atoms with Crippen molar-refractivity contribution in [3.8, 4) is 0 Å². The summed E-state index contributed by atoms with van der Waals surface area (Å²) in [5.74, 6) is -0.566. The third kappa shape index (κ3) is 6.79. The largest absolute Gasteiger partial charge is 0.465 e. The van der Waals surface area contributed by atoms with Crippen molar-refractivity contribution in [3.63, 3.8) is 0 Å². The van der Waals surface area contributed by atoms with E-state index in [-0.39, 0.29) is 18.3 Å². The Bertz CT molecular complexity index is 318. The summed E-state index contributed by atoms with van der Waals surface area (Å²) >= 11 is 0. The average molecular weight is 252 g/mol. The van der Waals surface area contributed by atoms with E-state index in [1.165, 1.54) is 0 Å². The SMILES string of the molecule is CCC(C)(C)C(=O)OCCCCS(=O)(=O)O. The minimum Gasteiger partial charge on any atom is -0.465 e. The average Bonchev–Trinajstić information content (AvgIpc) is 2.15. The number of hydrogen-bond donors (Lipinski definition) is 1. The van der Waals surface area contributed by atoms with Crippen LogP contribution in [0.15, 0.2) is 0 Å². The van der Waals surface area contributed by atoms with Crippen molar-refractivity contribution >= 4 is 16.1 Å². The van der Waals surface area contributed by atoms with Gasteiger partial charge in [0.2, 0.25) is 0 Å². The number of rotatable bonds is 7. The molecule has 0 aromatic rings. The summed E-state index contributed by atoms with van der Waals surface area (Å²) in [5, 5.41) is 0. The molecule has 0 atom stereocenters. The summed E-state index contributed by atoms with van der Waals surface area (Å²) < 4.78 is 34.2. The summed E-state index contributed by atoms with van der Waals surface area (Å²) in [5.41, 5.74) is -0.497. The molecule has 0 saturated carbocycles. The molecular weight excluding hydrogens is 232 g/mol. The summed E-state index contributed by atoms with van der Waals surface area (Å²) in [6.45, 7) is 5.69. The lowest BCUT2D eigenvalue weighted by molar-refractivity contribution is -0.154. The van der Waals surface area contributed by atoms with E-state index in [0.717, 1.165) is 0 Å². The highest BCUT2D eigenvalue weighted by molar-refractivity contribution is 7.85. The van der Waals surface area contributed by atoms with Gasteiger partial charge in [-0.1, -0.05) is 6.92 Å². The van der Waals surface area contributed by atoms with Crippen molar-refractivity contribution in [2.24, 2.45) is 5.41 Å². The molecule has 0 radical (unpaired) electrons. The first kappa shape index (κ1) is 15.4. The monoisotopic (exact) mass is 252 g/mol. The van der Waals surface area contributed by atoms with Gasteiger partial charge in [0.25, 0.3) is 10.1 Å². The summed E-state index contributed by atoms with van der Waals surface area (Å²) in [6, 6.07) is 0. The zero-order chi connectivity index (χ0) is 12.8. The minimum absolute atomic E-state index is 0.192. The highest BCUT2D eigenvalue weighted by Crippen LogP contribution is 2.21. The van der Waals surface area contributed by atoms with Crippen LogP contribution in [0.3, 0.4) is 0 Å². The Morgan fingerprint density at radius 1 is 1.31 bits per heavy atom. The topological polar surface area (TPSA) is 80.7 Å². The van der Waals surface area contributed by atoms with E-state index in [2.05, 4.69) is 0 Å². The van der Waals surface area contributed by atoms with Crippen LogP contribution in [-0.4, -0.2) is 31.3 Å². The standard InChI is InChI=1S/C10H20O5S/c1-4-10(2,3)9(11)15-7-5-6-8-16(12,13)14/h4-8H2,1-3H3,(H,12,13,14). The molecule has 5 nitrogen and oxygen atoms in total. The molecule has 0 aliphatic heterocycles. The fourth-order valence-electron chi connectivity index (χ4n) is 0.891. The van der Waals surface area contributed by atoms with Crippen LogP contribution in [0.5, 0.6) is 0 Å². The molecule has 0 fully saturated rings. The first-order valence-corrected chi connectivity index (χ1v) is 6.92. The molecule has 16 heavy (non-hydrogen) atoms. The Morgan fingerprint density at radius 2 is 1.88 bits per heavy atom. The van der Waals surface area contributed by atoms with Gasteiger partial charge >= 0.3 is 5.97 Å². The van der Waals surface area contributed by atoms with Crippen molar-refractivity contribution in [1.29, 1.82) is 0 Å². The second-order valence-electron chi connectivity index (χ2n) is 4.37. The second-order valence-corrected chi connectivity index (χ2v) is 5.94. The Hall–Kier alpha value is -0.620. The Balaban J connectivity index is 3.72. The smallest absolute Gasteiger partial charge is 0.311 e. The number of esters is 1. The minimum atomic E-state index is -3.90. The maximum atomic E-state index is 11.5. The van der Waals surface area contributed by atoms with E-state index in [0.29, 0.717) is 19.3 Å². The third-order valence-corrected chi connectivity index (χ3v) is 3.27. The maximum absolute atomic E-state index is 11.5. The van der Waals surface area contributed by atoms with Gasteiger partial charge in [-0.15, -0.1) is 0 Å². The molecule has 0 aliphatic carbocycles. The van der Waals surface area contributed by atoms with Gasteiger partial charge in [-0.2, -0.15) is 8.42 Å². The van der Waals surface area contributed by atoms with Crippen LogP contribution in [0.2, 0.25) is 0 Å². The molecule has 96 valence electrons. The number of unbranched alkanes of at least 4 members (excludes halogenated alkanes) is 1. The van der Waals surface area contributed by atoms with E-state index in [4.69, 9.17) is 9.29 Å². The highest BCUT2D eigenvalue weighted by atomic mass is 32.2. The Morgan fingerprint density at radius 3 is 2.31 bits per heavy atom. The molecule has 0 unspecified atom stereocenters. The van der Waals surface area contributed by atoms with E-state index in [9.17, 15) is 13.2 Å². The van der Waals surface area contributed by atoms with E-state index in [1.54, 1.807) is 13.8 Å². The van der Waals surface area contributed by atoms with Crippen LogP contribution in [0.1, 0.15) is 40.0 Å². The number of ether oxygens (including phenoxy) is 1. The van der Waals surface area contributed by atoms with E-state index >= 15 is 0 Å². The van der Waals surface area contributed by atoms with Crippen molar-refractivity contribution in [2.45, 2.75) is 40.0 Å². The molecule has 0 rings (SSSR count). The van der Waals surface area contributed by atoms with Gasteiger partial charge in [-0.25, -0.2) is 0 Å². The summed E-state index contributed by atoms with van der Waals surface area (Å²) in [7, 11) is -3.90. The zero-order valence-corrected chi connectivity index (χ0v) is 10.8.